The second-order valence-corrected chi connectivity index (χ2v) is 13.6. The standard InChI is InChI=1S/C39H47F3O4.C4H6O2/c1-4-5-6-7-28-20-36(41)38(37(42)21-28)33-18-19-34(35(40)22-33)32-16-14-31(15-17-32)30-12-10-27(11-13-30)8-9-29(24-45-3)25-46-39(44)26(2)23-43;1-4(2-5)3-6/h14-22,27,29-30,43H,2,4-13,23-25H2,1,3H3;2,6H,1,3H2. The number of benzene rings is 3. The molecule has 1 aliphatic rings. The number of hydrogen-bond acceptors (Lipinski definition) is 6. The van der Waals surface area contributed by atoms with Gasteiger partial charge < -0.3 is 19.7 Å². The molecule has 3 aromatic carbocycles. The maximum absolute atomic E-state index is 15.3. The fraction of sp³-hybridized carbons (Fsp3) is 0.442. The molecule has 1 aliphatic carbocycles. The van der Waals surface area contributed by atoms with Crippen molar-refractivity contribution in [3.8, 4) is 22.3 Å². The minimum atomic E-state index is -0.668. The van der Waals surface area contributed by atoms with E-state index in [4.69, 9.17) is 19.7 Å². The summed E-state index contributed by atoms with van der Waals surface area (Å²) in [6.07, 6.45) is 10.3. The molecule has 2 N–H and O–H groups in total. The third kappa shape index (κ3) is 12.9. The van der Waals surface area contributed by atoms with Gasteiger partial charge in [-0.05, 0) is 104 Å². The summed E-state index contributed by atoms with van der Waals surface area (Å²) in [5.41, 5.74) is 3.23. The Hall–Kier alpha value is -4.05. The number of carbonyl (C=O) groups is 2. The van der Waals surface area contributed by atoms with Crippen LogP contribution in [0.25, 0.3) is 22.3 Å². The quantitative estimate of drug-likeness (QED) is 0.0589. The van der Waals surface area contributed by atoms with Crippen molar-refractivity contribution >= 4 is 12.3 Å². The normalized spacial score (nSPS) is 16.0. The number of aryl methyl sites for hydroxylation is 1. The molecule has 282 valence electrons. The van der Waals surface area contributed by atoms with Gasteiger partial charge in [0, 0.05) is 24.2 Å². The van der Waals surface area contributed by atoms with E-state index in [0.717, 1.165) is 63.4 Å². The van der Waals surface area contributed by atoms with Crippen LogP contribution < -0.4 is 0 Å². The van der Waals surface area contributed by atoms with E-state index in [9.17, 15) is 18.4 Å². The first-order valence-electron chi connectivity index (χ1n) is 18.1. The van der Waals surface area contributed by atoms with E-state index >= 15 is 4.39 Å². The van der Waals surface area contributed by atoms with E-state index in [1.165, 1.54) is 23.8 Å². The summed E-state index contributed by atoms with van der Waals surface area (Å²) in [4.78, 5) is 21.3. The molecule has 1 fully saturated rings. The number of aliphatic hydroxyl groups is 2. The van der Waals surface area contributed by atoms with Crippen LogP contribution in [-0.4, -0.2) is 56.0 Å². The van der Waals surface area contributed by atoms with Gasteiger partial charge in [-0.1, -0.05) is 69.3 Å². The van der Waals surface area contributed by atoms with Crippen molar-refractivity contribution in [3.05, 3.63) is 107 Å². The molecule has 0 radical (unpaired) electrons. The number of aliphatic hydroxyl groups excluding tert-OH is 2. The van der Waals surface area contributed by atoms with Gasteiger partial charge in [0.2, 0.25) is 0 Å². The molecule has 0 aromatic heterocycles. The zero-order valence-corrected chi connectivity index (χ0v) is 30.5. The highest BCUT2D eigenvalue weighted by atomic mass is 19.1. The zero-order valence-electron chi connectivity index (χ0n) is 30.5. The van der Waals surface area contributed by atoms with Gasteiger partial charge in [-0.3, -0.25) is 4.79 Å². The third-order valence-corrected chi connectivity index (χ3v) is 9.65. The molecular formula is C43H53F3O6. The highest BCUT2D eigenvalue weighted by Crippen LogP contribution is 2.39. The first kappa shape index (κ1) is 42.4. The smallest absolute Gasteiger partial charge is 0.335 e. The van der Waals surface area contributed by atoms with E-state index in [0.29, 0.717) is 42.3 Å². The van der Waals surface area contributed by atoms with E-state index in [2.05, 4.69) is 32.2 Å². The largest absolute Gasteiger partial charge is 0.462 e. The molecule has 1 unspecified atom stereocenters. The van der Waals surface area contributed by atoms with Crippen molar-refractivity contribution in [1.82, 2.24) is 0 Å². The Bertz CT molecular complexity index is 1590. The molecule has 9 heteroatoms. The highest BCUT2D eigenvalue weighted by molar-refractivity contribution is 5.87. The topological polar surface area (TPSA) is 93.1 Å². The lowest BCUT2D eigenvalue weighted by Crippen LogP contribution is -2.21. The van der Waals surface area contributed by atoms with Gasteiger partial charge in [-0.2, -0.15) is 0 Å². The molecule has 4 rings (SSSR count). The van der Waals surface area contributed by atoms with Crippen LogP contribution in [0.4, 0.5) is 13.2 Å². The van der Waals surface area contributed by atoms with Crippen molar-refractivity contribution in [3.63, 3.8) is 0 Å². The van der Waals surface area contributed by atoms with Crippen LogP contribution in [-0.2, 0) is 25.5 Å². The van der Waals surface area contributed by atoms with Crippen LogP contribution in [0.1, 0.15) is 81.8 Å². The summed E-state index contributed by atoms with van der Waals surface area (Å²) >= 11 is 0. The van der Waals surface area contributed by atoms with Crippen molar-refractivity contribution in [2.45, 2.75) is 77.0 Å². The van der Waals surface area contributed by atoms with Crippen molar-refractivity contribution < 1.29 is 42.4 Å². The molecule has 0 aliphatic heterocycles. The number of carbonyl (C=O) groups excluding carboxylic acids is 2. The summed E-state index contributed by atoms with van der Waals surface area (Å²) in [6, 6.07) is 15.1. The molecule has 0 amide bonds. The van der Waals surface area contributed by atoms with Gasteiger partial charge in [0.1, 0.15) is 23.7 Å². The lowest BCUT2D eigenvalue weighted by molar-refractivity contribution is -0.141. The molecule has 0 heterocycles. The van der Waals surface area contributed by atoms with Crippen LogP contribution in [0.3, 0.4) is 0 Å². The lowest BCUT2D eigenvalue weighted by Gasteiger charge is -2.30. The maximum Gasteiger partial charge on any atom is 0.335 e. The molecule has 0 spiro atoms. The second-order valence-electron chi connectivity index (χ2n) is 13.6. The molecule has 1 atom stereocenters. The number of unbranched alkanes of at least 4 members (excludes halogenated alkanes) is 2. The van der Waals surface area contributed by atoms with E-state index < -0.39 is 30.0 Å². The van der Waals surface area contributed by atoms with Crippen LogP contribution in [0.2, 0.25) is 0 Å². The number of rotatable bonds is 18. The Kier molecular flexibility index (Phi) is 18.0. The minimum Gasteiger partial charge on any atom is -0.462 e. The van der Waals surface area contributed by atoms with Crippen molar-refractivity contribution in [1.29, 1.82) is 0 Å². The summed E-state index contributed by atoms with van der Waals surface area (Å²) in [5, 5.41) is 17.1. The molecule has 1 saturated carbocycles. The van der Waals surface area contributed by atoms with Gasteiger partial charge in [-0.25, -0.2) is 18.0 Å². The van der Waals surface area contributed by atoms with Crippen molar-refractivity contribution in [2.24, 2.45) is 11.8 Å². The predicted octanol–water partition coefficient (Wildman–Crippen LogP) is 9.31. The summed E-state index contributed by atoms with van der Waals surface area (Å²) in [7, 11) is 1.64. The molecule has 0 bridgehead atoms. The monoisotopic (exact) mass is 722 g/mol. The van der Waals surface area contributed by atoms with E-state index in [1.807, 2.05) is 12.1 Å². The number of hydrogen-bond donors (Lipinski definition) is 2. The van der Waals surface area contributed by atoms with Gasteiger partial charge in [0.05, 0.1) is 37.6 Å². The summed E-state index contributed by atoms with van der Waals surface area (Å²) in [5.74, 6) is -1.29. The van der Waals surface area contributed by atoms with Crippen LogP contribution in [0, 0.1) is 29.3 Å². The lowest BCUT2D eigenvalue weighted by atomic mass is 9.76. The highest BCUT2D eigenvalue weighted by Gasteiger charge is 2.24. The van der Waals surface area contributed by atoms with E-state index in [1.54, 1.807) is 19.2 Å². The molecule has 52 heavy (non-hydrogen) atoms. The summed E-state index contributed by atoms with van der Waals surface area (Å²) < 4.78 is 55.7. The second kappa shape index (κ2) is 22.1. The third-order valence-electron chi connectivity index (χ3n) is 9.65. The van der Waals surface area contributed by atoms with Gasteiger partial charge in [-0.15, -0.1) is 0 Å². The Balaban J connectivity index is 0.00000112. The Morgan fingerprint density at radius 2 is 1.54 bits per heavy atom. The average molecular weight is 723 g/mol. The fourth-order valence-corrected chi connectivity index (χ4v) is 6.57. The number of methoxy groups -OCH3 is 1. The van der Waals surface area contributed by atoms with Crippen LogP contribution >= 0.6 is 0 Å². The molecular weight excluding hydrogens is 669 g/mol. The molecule has 0 saturated heterocycles. The van der Waals surface area contributed by atoms with Crippen LogP contribution in [0.5, 0.6) is 0 Å². The average Bonchev–Trinajstić information content (AvgIpc) is 3.15. The Labute approximate surface area is 306 Å². The summed E-state index contributed by atoms with van der Waals surface area (Å²) in [6.45, 7) is 8.87. The SMILES string of the molecule is C=C(C=O)CO.C=C(CO)C(=O)OCC(CCC1CCC(c2ccc(-c3ccc(-c4c(F)cc(CCCCC)cc4F)cc3F)cc2)CC1)COC. The fourth-order valence-electron chi connectivity index (χ4n) is 6.57. The van der Waals surface area contributed by atoms with Gasteiger partial charge in [0.25, 0.3) is 0 Å². The van der Waals surface area contributed by atoms with Crippen LogP contribution in [0.15, 0.2) is 78.9 Å². The number of aldehydes is 1. The Morgan fingerprint density at radius 3 is 2.08 bits per heavy atom. The minimum absolute atomic E-state index is 0.0494. The first-order chi connectivity index (χ1) is 25.0. The number of ether oxygens (including phenoxy) is 2. The number of halogens is 3. The van der Waals surface area contributed by atoms with Gasteiger partial charge >= 0.3 is 5.97 Å². The van der Waals surface area contributed by atoms with Crippen molar-refractivity contribution in [2.75, 3.05) is 33.5 Å². The van der Waals surface area contributed by atoms with Gasteiger partial charge in [0.15, 0.2) is 0 Å². The van der Waals surface area contributed by atoms with E-state index in [-0.39, 0.29) is 41.4 Å². The Morgan fingerprint density at radius 1 is 0.885 bits per heavy atom. The first-order valence-corrected chi connectivity index (χ1v) is 18.1. The zero-order chi connectivity index (χ0) is 38.0. The molecule has 3 aromatic rings. The maximum atomic E-state index is 15.3. The predicted molar refractivity (Wildman–Crippen MR) is 199 cm³/mol. The number of esters is 1. The molecule has 6 nitrogen and oxygen atoms in total.